The molecule has 0 fully saturated rings. The molecule has 0 bridgehead atoms. The second-order valence-electron chi connectivity index (χ2n) is 4.96. The maximum Gasteiger partial charge on any atom is 0.224 e. The molecule has 0 spiro atoms. The normalized spacial score (nSPS) is 11.0. The number of anilines is 2. The number of rotatable bonds is 5. The Kier molecular flexibility index (Phi) is 4.31. The van der Waals surface area contributed by atoms with Crippen molar-refractivity contribution in [2.75, 3.05) is 25.4 Å². The van der Waals surface area contributed by atoms with E-state index in [0.717, 1.165) is 16.8 Å². The zero-order chi connectivity index (χ0) is 16.2. The highest BCUT2D eigenvalue weighted by Gasteiger charge is 2.13. The number of hydrogen-bond donors (Lipinski definition) is 2. The number of nitrogen functional groups attached to an aromatic ring is 2. The number of hydrogen-bond acceptors (Lipinski definition) is 7. The molecule has 23 heavy (non-hydrogen) atoms. The molecule has 7 nitrogen and oxygen atoms in total. The molecule has 0 aliphatic heterocycles. The lowest BCUT2D eigenvalue weighted by Gasteiger charge is -2.12. The van der Waals surface area contributed by atoms with E-state index in [1.807, 2.05) is 36.4 Å². The number of methoxy groups -OCH3 is 1. The molecule has 0 atom stereocenters. The summed E-state index contributed by atoms with van der Waals surface area (Å²) in [5.74, 6) is 0.400. The Hall–Kier alpha value is -2.77. The lowest BCUT2D eigenvalue weighted by Crippen LogP contribution is -2.05. The van der Waals surface area contributed by atoms with E-state index in [4.69, 9.17) is 20.9 Å². The highest BCUT2D eigenvalue weighted by atomic mass is 16.7. The van der Waals surface area contributed by atoms with Gasteiger partial charge in [-0.15, -0.1) is 0 Å². The van der Waals surface area contributed by atoms with Crippen LogP contribution in [-0.2, 0) is 16.1 Å². The van der Waals surface area contributed by atoms with Gasteiger partial charge in [0.2, 0.25) is 5.95 Å². The molecule has 0 aliphatic carbocycles. The molecule has 2 heterocycles. The van der Waals surface area contributed by atoms with Gasteiger partial charge in [0.25, 0.3) is 0 Å². The topological polar surface area (TPSA) is 109 Å². The largest absolute Gasteiger partial charge is 0.383 e. The SMILES string of the molecule is COCOCc1cc2c(N)nc(N)nc2nc1-c1ccccc1. The summed E-state index contributed by atoms with van der Waals surface area (Å²) in [7, 11) is 1.57. The quantitative estimate of drug-likeness (QED) is 0.547. The summed E-state index contributed by atoms with van der Waals surface area (Å²) < 4.78 is 10.4. The van der Waals surface area contributed by atoms with Crippen molar-refractivity contribution in [1.29, 1.82) is 0 Å². The van der Waals surface area contributed by atoms with Gasteiger partial charge in [-0.25, -0.2) is 4.98 Å². The van der Waals surface area contributed by atoms with Gasteiger partial charge in [-0.3, -0.25) is 0 Å². The monoisotopic (exact) mass is 311 g/mol. The number of nitrogens with two attached hydrogens (primary N) is 2. The average molecular weight is 311 g/mol. The first-order chi connectivity index (χ1) is 11.2. The van der Waals surface area contributed by atoms with Crippen molar-refractivity contribution in [3.63, 3.8) is 0 Å². The summed E-state index contributed by atoms with van der Waals surface area (Å²) in [5, 5.41) is 0.648. The zero-order valence-corrected chi connectivity index (χ0v) is 12.7. The summed E-state index contributed by atoms with van der Waals surface area (Å²) in [5.41, 5.74) is 14.7. The number of ether oxygens (including phenoxy) is 2. The van der Waals surface area contributed by atoms with Crippen LogP contribution in [0.3, 0.4) is 0 Å². The Morgan fingerprint density at radius 1 is 1.04 bits per heavy atom. The van der Waals surface area contributed by atoms with E-state index in [9.17, 15) is 0 Å². The van der Waals surface area contributed by atoms with Crippen LogP contribution >= 0.6 is 0 Å². The van der Waals surface area contributed by atoms with Gasteiger partial charge in [-0.05, 0) is 6.07 Å². The van der Waals surface area contributed by atoms with E-state index < -0.39 is 0 Å². The lowest BCUT2D eigenvalue weighted by atomic mass is 10.0. The maximum absolute atomic E-state index is 5.93. The van der Waals surface area contributed by atoms with E-state index in [1.54, 1.807) is 7.11 Å². The van der Waals surface area contributed by atoms with Crippen LogP contribution in [0.15, 0.2) is 36.4 Å². The number of aromatic nitrogens is 3. The van der Waals surface area contributed by atoms with Gasteiger partial charge in [0.15, 0.2) is 5.65 Å². The van der Waals surface area contributed by atoms with E-state index in [1.165, 1.54) is 0 Å². The standard InChI is InChI=1S/C16H17N5O2/c1-22-9-23-8-11-7-12-14(17)20-16(18)21-15(12)19-13(11)10-5-3-2-4-6-10/h2-7H,8-9H2,1H3,(H4,17,18,19,20,21). The summed E-state index contributed by atoms with van der Waals surface area (Å²) in [6.45, 7) is 0.533. The molecule has 118 valence electrons. The Labute approximate surface area is 133 Å². The third-order valence-corrected chi connectivity index (χ3v) is 3.32. The van der Waals surface area contributed by atoms with Crippen molar-refractivity contribution in [3.05, 3.63) is 42.0 Å². The predicted molar refractivity (Wildman–Crippen MR) is 88.3 cm³/mol. The minimum absolute atomic E-state index is 0.102. The van der Waals surface area contributed by atoms with Crippen LogP contribution in [0.1, 0.15) is 5.56 Å². The lowest BCUT2D eigenvalue weighted by molar-refractivity contribution is -0.0389. The van der Waals surface area contributed by atoms with Crippen LogP contribution in [0.4, 0.5) is 11.8 Å². The van der Waals surface area contributed by atoms with Gasteiger partial charge in [0.1, 0.15) is 12.6 Å². The predicted octanol–water partition coefficient (Wildman–Crippen LogP) is 1.98. The molecular weight excluding hydrogens is 294 g/mol. The van der Waals surface area contributed by atoms with Crippen LogP contribution in [0.5, 0.6) is 0 Å². The molecule has 3 aromatic rings. The second-order valence-corrected chi connectivity index (χ2v) is 4.96. The van der Waals surface area contributed by atoms with Crippen molar-refractivity contribution in [3.8, 4) is 11.3 Å². The Bertz CT molecular complexity index is 824. The van der Waals surface area contributed by atoms with Crippen molar-refractivity contribution in [2.45, 2.75) is 6.61 Å². The van der Waals surface area contributed by atoms with Crippen molar-refractivity contribution < 1.29 is 9.47 Å². The summed E-state index contributed by atoms with van der Waals surface area (Å²) in [4.78, 5) is 12.8. The molecule has 7 heteroatoms. The van der Waals surface area contributed by atoms with E-state index in [0.29, 0.717) is 23.5 Å². The molecule has 0 unspecified atom stereocenters. The highest BCUT2D eigenvalue weighted by molar-refractivity contribution is 5.89. The van der Waals surface area contributed by atoms with Crippen molar-refractivity contribution in [2.24, 2.45) is 0 Å². The molecule has 0 saturated carbocycles. The van der Waals surface area contributed by atoms with Crippen LogP contribution in [0, 0.1) is 0 Å². The average Bonchev–Trinajstić information content (AvgIpc) is 2.55. The van der Waals surface area contributed by atoms with Gasteiger partial charge in [0.05, 0.1) is 17.7 Å². The summed E-state index contributed by atoms with van der Waals surface area (Å²) in [6.07, 6.45) is 0. The second kappa shape index (κ2) is 6.55. The van der Waals surface area contributed by atoms with Gasteiger partial charge in [-0.1, -0.05) is 30.3 Å². The fourth-order valence-electron chi connectivity index (χ4n) is 2.33. The van der Waals surface area contributed by atoms with Crippen molar-refractivity contribution in [1.82, 2.24) is 15.0 Å². The number of nitrogens with zero attached hydrogens (tertiary/aromatic N) is 3. The van der Waals surface area contributed by atoms with Gasteiger partial charge < -0.3 is 20.9 Å². The Morgan fingerprint density at radius 2 is 1.83 bits per heavy atom. The van der Waals surface area contributed by atoms with Crippen LogP contribution in [-0.4, -0.2) is 28.9 Å². The zero-order valence-electron chi connectivity index (χ0n) is 12.7. The molecule has 3 rings (SSSR count). The Balaban J connectivity index is 2.16. The van der Waals surface area contributed by atoms with Gasteiger partial charge in [0, 0.05) is 18.2 Å². The minimum Gasteiger partial charge on any atom is -0.383 e. The maximum atomic E-state index is 5.93. The molecule has 2 aromatic heterocycles. The molecule has 0 radical (unpaired) electrons. The fraction of sp³-hybridized carbons (Fsp3) is 0.188. The van der Waals surface area contributed by atoms with Crippen LogP contribution < -0.4 is 11.5 Å². The van der Waals surface area contributed by atoms with Gasteiger partial charge in [-0.2, -0.15) is 9.97 Å². The molecule has 4 N–H and O–H groups in total. The van der Waals surface area contributed by atoms with Crippen LogP contribution in [0.25, 0.3) is 22.3 Å². The molecule has 0 aliphatic rings. The third-order valence-electron chi connectivity index (χ3n) is 3.32. The molecule has 0 saturated heterocycles. The fourth-order valence-corrected chi connectivity index (χ4v) is 2.33. The molecule has 0 amide bonds. The van der Waals surface area contributed by atoms with Crippen molar-refractivity contribution >= 4 is 22.8 Å². The Morgan fingerprint density at radius 3 is 2.57 bits per heavy atom. The van der Waals surface area contributed by atoms with Gasteiger partial charge >= 0.3 is 0 Å². The van der Waals surface area contributed by atoms with E-state index in [2.05, 4.69) is 15.0 Å². The number of benzene rings is 1. The number of fused-ring (bicyclic) bond motifs is 1. The van der Waals surface area contributed by atoms with E-state index >= 15 is 0 Å². The minimum atomic E-state index is 0.102. The first-order valence-corrected chi connectivity index (χ1v) is 7.03. The van der Waals surface area contributed by atoms with Crippen LogP contribution in [0.2, 0.25) is 0 Å². The summed E-state index contributed by atoms with van der Waals surface area (Å²) in [6, 6.07) is 11.7. The first-order valence-electron chi connectivity index (χ1n) is 7.03. The van der Waals surface area contributed by atoms with E-state index in [-0.39, 0.29) is 12.7 Å². The number of pyridine rings is 1. The molecule has 1 aromatic carbocycles. The third kappa shape index (κ3) is 3.20. The first kappa shape index (κ1) is 15.1. The molecular formula is C16H17N5O2. The highest BCUT2D eigenvalue weighted by Crippen LogP contribution is 2.27. The summed E-state index contributed by atoms with van der Waals surface area (Å²) >= 11 is 0. The smallest absolute Gasteiger partial charge is 0.224 e.